The minimum absolute atomic E-state index is 0.331. The van der Waals surface area contributed by atoms with E-state index in [1.165, 1.54) is 12.8 Å². The highest BCUT2D eigenvalue weighted by Crippen LogP contribution is 2.48. The summed E-state index contributed by atoms with van der Waals surface area (Å²) >= 11 is 0. The van der Waals surface area contributed by atoms with Crippen LogP contribution in [0.3, 0.4) is 0 Å². The number of likely N-dealkylation sites (N-methyl/N-ethyl adjacent to an activating group) is 1. The van der Waals surface area contributed by atoms with Crippen molar-refractivity contribution < 1.29 is 4.74 Å². The summed E-state index contributed by atoms with van der Waals surface area (Å²) in [7, 11) is 3.81. The molecule has 1 rings (SSSR count). The maximum Gasteiger partial charge on any atom is 0.0628 e. The van der Waals surface area contributed by atoms with E-state index < -0.39 is 0 Å². The lowest BCUT2D eigenvalue weighted by Gasteiger charge is -2.21. The van der Waals surface area contributed by atoms with Crippen LogP contribution in [-0.2, 0) is 4.74 Å². The van der Waals surface area contributed by atoms with Crippen molar-refractivity contribution in [3.8, 4) is 6.07 Å². The molecule has 0 bridgehead atoms. The summed E-state index contributed by atoms with van der Waals surface area (Å²) in [4.78, 5) is 2.26. The second-order valence-corrected chi connectivity index (χ2v) is 4.07. The molecule has 0 aromatic carbocycles. The van der Waals surface area contributed by atoms with E-state index in [1.54, 1.807) is 7.11 Å². The third-order valence-electron chi connectivity index (χ3n) is 2.69. The normalized spacial score (nSPS) is 18.6. The fourth-order valence-corrected chi connectivity index (χ4v) is 1.63. The van der Waals surface area contributed by atoms with E-state index in [0.29, 0.717) is 11.8 Å². The first-order valence-electron chi connectivity index (χ1n) is 4.77. The Labute approximate surface area is 80.3 Å². The van der Waals surface area contributed by atoms with Crippen LogP contribution in [0.1, 0.15) is 19.3 Å². The molecular formula is C10H18N2O. The molecule has 1 fully saturated rings. The molecule has 0 atom stereocenters. The fourth-order valence-electron chi connectivity index (χ4n) is 1.63. The summed E-state index contributed by atoms with van der Waals surface area (Å²) in [5.74, 6) is 0. The van der Waals surface area contributed by atoms with Crippen LogP contribution >= 0.6 is 0 Å². The lowest BCUT2D eigenvalue weighted by molar-refractivity contribution is 0.149. The van der Waals surface area contributed by atoms with Crippen molar-refractivity contribution in [3.05, 3.63) is 0 Å². The monoisotopic (exact) mass is 182 g/mol. The van der Waals surface area contributed by atoms with Gasteiger partial charge in [-0.2, -0.15) is 5.26 Å². The molecule has 0 aliphatic heterocycles. The Hall–Kier alpha value is -0.590. The van der Waals surface area contributed by atoms with E-state index in [4.69, 9.17) is 10.00 Å². The number of nitriles is 1. The first-order valence-corrected chi connectivity index (χ1v) is 4.77. The Kier molecular flexibility index (Phi) is 3.71. The zero-order valence-electron chi connectivity index (χ0n) is 8.55. The van der Waals surface area contributed by atoms with E-state index >= 15 is 0 Å². The van der Waals surface area contributed by atoms with Crippen LogP contribution in [0.25, 0.3) is 0 Å². The quantitative estimate of drug-likeness (QED) is 0.620. The molecule has 0 amide bonds. The van der Waals surface area contributed by atoms with Gasteiger partial charge in [0.05, 0.1) is 12.7 Å². The van der Waals surface area contributed by atoms with E-state index in [-0.39, 0.29) is 0 Å². The van der Waals surface area contributed by atoms with Gasteiger partial charge in [-0.3, -0.25) is 0 Å². The molecule has 3 heteroatoms. The molecule has 13 heavy (non-hydrogen) atoms. The number of ether oxygens (including phenoxy) is 1. The lowest BCUT2D eigenvalue weighted by Crippen LogP contribution is -2.29. The SMILES string of the molecule is COCCN(C)CC1(CC#N)CC1. The molecule has 0 aromatic heterocycles. The maximum absolute atomic E-state index is 8.64. The van der Waals surface area contributed by atoms with Gasteiger partial charge in [0.2, 0.25) is 0 Å². The fraction of sp³-hybridized carbons (Fsp3) is 0.900. The summed E-state index contributed by atoms with van der Waals surface area (Å²) in [5, 5.41) is 8.64. The Morgan fingerprint density at radius 3 is 2.69 bits per heavy atom. The first kappa shape index (κ1) is 10.5. The molecule has 0 spiro atoms. The summed E-state index contributed by atoms with van der Waals surface area (Å²) in [6.45, 7) is 2.78. The molecule has 0 radical (unpaired) electrons. The van der Waals surface area contributed by atoms with Gasteiger partial charge >= 0.3 is 0 Å². The lowest BCUT2D eigenvalue weighted by atomic mass is 10.0. The molecule has 1 aliphatic rings. The van der Waals surface area contributed by atoms with Gasteiger partial charge in [0.25, 0.3) is 0 Å². The maximum atomic E-state index is 8.64. The molecule has 0 heterocycles. The van der Waals surface area contributed by atoms with Crippen molar-refractivity contribution in [2.24, 2.45) is 5.41 Å². The van der Waals surface area contributed by atoms with Gasteiger partial charge in [-0.25, -0.2) is 0 Å². The molecule has 0 aromatic rings. The van der Waals surface area contributed by atoms with E-state index in [0.717, 1.165) is 19.7 Å². The van der Waals surface area contributed by atoms with Crippen molar-refractivity contribution in [1.82, 2.24) is 4.90 Å². The van der Waals surface area contributed by atoms with Crippen molar-refractivity contribution >= 4 is 0 Å². The predicted molar refractivity (Wildman–Crippen MR) is 51.3 cm³/mol. The Morgan fingerprint density at radius 1 is 1.54 bits per heavy atom. The zero-order valence-corrected chi connectivity index (χ0v) is 8.55. The highest BCUT2D eigenvalue weighted by atomic mass is 16.5. The van der Waals surface area contributed by atoms with Crippen LogP contribution < -0.4 is 0 Å². The van der Waals surface area contributed by atoms with Crippen molar-refractivity contribution in [2.75, 3.05) is 33.9 Å². The number of rotatable bonds is 6. The van der Waals surface area contributed by atoms with Gasteiger partial charge in [0.15, 0.2) is 0 Å². The summed E-state index contributed by atoms with van der Waals surface area (Å²) in [6.07, 6.45) is 3.15. The van der Waals surface area contributed by atoms with Crippen LogP contribution in [0.15, 0.2) is 0 Å². The molecule has 0 N–H and O–H groups in total. The predicted octanol–water partition coefficient (Wildman–Crippen LogP) is 1.26. The Bertz CT molecular complexity index is 194. The zero-order chi connectivity index (χ0) is 9.73. The smallest absolute Gasteiger partial charge is 0.0628 e. The van der Waals surface area contributed by atoms with Gasteiger partial charge in [0.1, 0.15) is 0 Å². The first-order chi connectivity index (χ1) is 6.22. The average molecular weight is 182 g/mol. The molecular weight excluding hydrogens is 164 g/mol. The molecule has 3 nitrogen and oxygen atoms in total. The number of hydrogen-bond acceptors (Lipinski definition) is 3. The third kappa shape index (κ3) is 3.33. The standard InChI is InChI=1S/C10H18N2O/c1-12(7-8-13-2)9-10(3-4-10)5-6-11/h3-5,7-9H2,1-2H3. The van der Waals surface area contributed by atoms with Gasteiger partial charge < -0.3 is 9.64 Å². The van der Waals surface area contributed by atoms with Crippen LogP contribution in [0, 0.1) is 16.7 Å². The Balaban J connectivity index is 2.20. The number of nitrogens with zero attached hydrogens (tertiary/aromatic N) is 2. The largest absolute Gasteiger partial charge is 0.383 e. The third-order valence-corrected chi connectivity index (χ3v) is 2.69. The van der Waals surface area contributed by atoms with E-state index in [1.807, 2.05) is 0 Å². The van der Waals surface area contributed by atoms with Crippen molar-refractivity contribution in [1.29, 1.82) is 5.26 Å². The van der Waals surface area contributed by atoms with Gasteiger partial charge in [-0.15, -0.1) is 0 Å². The van der Waals surface area contributed by atoms with Gasteiger partial charge in [-0.05, 0) is 25.3 Å². The molecule has 0 saturated heterocycles. The van der Waals surface area contributed by atoms with Crippen LogP contribution in [-0.4, -0.2) is 38.8 Å². The Morgan fingerprint density at radius 2 is 2.23 bits per heavy atom. The van der Waals surface area contributed by atoms with Gasteiger partial charge in [-0.1, -0.05) is 0 Å². The highest BCUT2D eigenvalue weighted by Gasteiger charge is 2.42. The molecule has 0 unspecified atom stereocenters. The molecule has 74 valence electrons. The summed E-state index contributed by atoms with van der Waals surface area (Å²) < 4.78 is 5.00. The number of hydrogen-bond donors (Lipinski definition) is 0. The highest BCUT2D eigenvalue weighted by molar-refractivity contribution is 5.00. The second-order valence-electron chi connectivity index (χ2n) is 4.07. The van der Waals surface area contributed by atoms with Crippen LogP contribution in [0.5, 0.6) is 0 Å². The number of methoxy groups -OCH3 is 1. The minimum atomic E-state index is 0.331. The van der Waals surface area contributed by atoms with Crippen LogP contribution in [0.4, 0.5) is 0 Å². The van der Waals surface area contributed by atoms with E-state index in [2.05, 4.69) is 18.0 Å². The molecule has 1 aliphatic carbocycles. The topological polar surface area (TPSA) is 36.3 Å². The average Bonchev–Trinajstić information content (AvgIpc) is 2.82. The summed E-state index contributed by atoms with van der Waals surface area (Å²) in [6, 6.07) is 2.27. The van der Waals surface area contributed by atoms with Gasteiger partial charge in [0, 0.05) is 26.6 Å². The summed E-state index contributed by atoms with van der Waals surface area (Å²) in [5.41, 5.74) is 0.331. The second kappa shape index (κ2) is 4.59. The van der Waals surface area contributed by atoms with Crippen molar-refractivity contribution in [3.63, 3.8) is 0 Å². The van der Waals surface area contributed by atoms with E-state index in [9.17, 15) is 0 Å². The minimum Gasteiger partial charge on any atom is -0.383 e. The van der Waals surface area contributed by atoms with Crippen LogP contribution in [0.2, 0.25) is 0 Å². The molecule has 1 saturated carbocycles. The van der Waals surface area contributed by atoms with Crippen molar-refractivity contribution in [2.45, 2.75) is 19.3 Å².